The number of rotatable bonds is 5. The van der Waals surface area contributed by atoms with Crippen LogP contribution in [0.4, 0.5) is 0 Å². The largest absolute Gasteiger partial charge is 0.454 e. The highest BCUT2D eigenvalue weighted by Gasteiger charge is 2.20. The van der Waals surface area contributed by atoms with Crippen LogP contribution in [-0.4, -0.2) is 23.3 Å². The van der Waals surface area contributed by atoms with Crippen molar-refractivity contribution in [3.63, 3.8) is 0 Å². The Labute approximate surface area is 150 Å². The molecule has 0 unspecified atom stereocenters. The zero-order chi connectivity index (χ0) is 18.0. The van der Waals surface area contributed by atoms with Crippen molar-refractivity contribution >= 4 is 34.0 Å². The first-order valence-corrected chi connectivity index (χ1v) is 8.98. The van der Waals surface area contributed by atoms with E-state index in [1.807, 2.05) is 51.1 Å². The van der Waals surface area contributed by atoms with Gasteiger partial charge in [-0.1, -0.05) is 25.1 Å². The van der Waals surface area contributed by atoms with E-state index < -0.39 is 5.97 Å². The summed E-state index contributed by atoms with van der Waals surface area (Å²) in [4.78, 5) is 31.1. The Morgan fingerprint density at radius 2 is 1.88 bits per heavy atom. The van der Waals surface area contributed by atoms with Gasteiger partial charge in [0, 0.05) is 16.0 Å². The van der Waals surface area contributed by atoms with Gasteiger partial charge in [0.05, 0.1) is 16.0 Å². The highest BCUT2D eigenvalue weighted by atomic mass is 32.1. The number of benzene rings is 1. The number of ketones is 1. The number of pyridine rings is 1. The molecule has 0 radical (unpaired) electrons. The van der Waals surface area contributed by atoms with Crippen molar-refractivity contribution in [3.05, 3.63) is 63.0 Å². The Hall–Kier alpha value is -2.53. The molecular formula is C20H19NO3S. The molecule has 5 heteroatoms. The van der Waals surface area contributed by atoms with Gasteiger partial charge in [-0.05, 0) is 44.0 Å². The molecule has 3 rings (SSSR count). The summed E-state index contributed by atoms with van der Waals surface area (Å²) >= 11 is 1.40. The Kier molecular flexibility index (Phi) is 4.95. The number of esters is 1. The van der Waals surface area contributed by atoms with E-state index in [-0.39, 0.29) is 12.4 Å². The molecular weight excluding hydrogens is 334 g/mol. The lowest BCUT2D eigenvalue weighted by atomic mass is 10.0. The minimum atomic E-state index is -0.479. The molecule has 0 atom stereocenters. The number of fused-ring (bicyclic) bond motifs is 1. The number of thiophene rings is 1. The fourth-order valence-electron chi connectivity index (χ4n) is 2.82. The van der Waals surface area contributed by atoms with Crippen LogP contribution in [0.5, 0.6) is 0 Å². The number of nitrogens with zero attached hydrogens (tertiary/aromatic N) is 1. The van der Waals surface area contributed by atoms with E-state index in [0.29, 0.717) is 10.4 Å². The first kappa shape index (κ1) is 17.3. The van der Waals surface area contributed by atoms with E-state index in [9.17, 15) is 9.59 Å². The van der Waals surface area contributed by atoms with E-state index >= 15 is 0 Å². The van der Waals surface area contributed by atoms with E-state index in [2.05, 4.69) is 4.98 Å². The van der Waals surface area contributed by atoms with Crippen molar-refractivity contribution < 1.29 is 14.3 Å². The summed E-state index contributed by atoms with van der Waals surface area (Å²) in [6.45, 7) is 5.56. The molecule has 0 bridgehead atoms. The van der Waals surface area contributed by atoms with Gasteiger partial charge in [0.15, 0.2) is 6.61 Å². The summed E-state index contributed by atoms with van der Waals surface area (Å²) in [6.07, 6.45) is 0.727. The highest BCUT2D eigenvalue weighted by molar-refractivity contribution is 7.14. The first-order chi connectivity index (χ1) is 12.0. The van der Waals surface area contributed by atoms with Crippen LogP contribution in [-0.2, 0) is 11.2 Å². The molecule has 0 saturated carbocycles. The predicted octanol–water partition coefficient (Wildman–Crippen LogP) is 4.52. The molecule has 0 N–H and O–H groups in total. The Balaban J connectivity index is 1.89. The Morgan fingerprint density at radius 3 is 2.56 bits per heavy atom. The van der Waals surface area contributed by atoms with Crippen LogP contribution in [0.15, 0.2) is 36.4 Å². The van der Waals surface area contributed by atoms with Crippen LogP contribution in [0.25, 0.3) is 10.9 Å². The van der Waals surface area contributed by atoms with Gasteiger partial charge >= 0.3 is 5.97 Å². The van der Waals surface area contributed by atoms with Crippen LogP contribution in [0.3, 0.4) is 0 Å². The van der Waals surface area contributed by atoms with Crippen molar-refractivity contribution in [2.75, 3.05) is 6.61 Å². The molecule has 1 aromatic carbocycles. The van der Waals surface area contributed by atoms with Crippen LogP contribution < -0.4 is 0 Å². The van der Waals surface area contributed by atoms with Crippen molar-refractivity contribution in [3.8, 4) is 0 Å². The normalized spacial score (nSPS) is 10.8. The second-order valence-corrected chi connectivity index (χ2v) is 7.13. The maximum Gasteiger partial charge on any atom is 0.339 e. The van der Waals surface area contributed by atoms with Crippen LogP contribution >= 0.6 is 11.3 Å². The molecule has 0 aliphatic carbocycles. The van der Waals surface area contributed by atoms with E-state index in [1.165, 1.54) is 11.3 Å². The quantitative estimate of drug-likeness (QED) is 0.500. The molecule has 128 valence electrons. The SMILES string of the molecule is CCc1nc2ccccc2c(C(=O)OCC(=O)c2ccc(C)s2)c1C. The standard InChI is InChI=1S/C20H19NO3S/c1-4-15-13(3)19(14-7-5-6-8-16(14)21-15)20(23)24-11-17(22)18-10-9-12(2)25-18/h5-10H,4,11H2,1-3H3. The highest BCUT2D eigenvalue weighted by Crippen LogP contribution is 2.24. The molecule has 0 spiro atoms. The molecule has 0 aliphatic rings. The van der Waals surface area contributed by atoms with Gasteiger partial charge in [0.25, 0.3) is 0 Å². The zero-order valence-corrected chi connectivity index (χ0v) is 15.3. The zero-order valence-electron chi connectivity index (χ0n) is 14.5. The van der Waals surface area contributed by atoms with Crippen molar-refractivity contribution in [1.82, 2.24) is 4.98 Å². The maximum atomic E-state index is 12.7. The number of carbonyl (C=O) groups excluding carboxylic acids is 2. The Morgan fingerprint density at radius 1 is 1.12 bits per heavy atom. The van der Waals surface area contributed by atoms with Crippen molar-refractivity contribution in [2.24, 2.45) is 0 Å². The fraction of sp³-hybridized carbons (Fsp3) is 0.250. The summed E-state index contributed by atoms with van der Waals surface area (Å²) in [6, 6.07) is 11.1. The smallest absolute Gasteiger partial charge is 0.339 e. The maximum absolute atomic E-state index is 12.7. The minimum Gasteiger partial charge on any atom is -0.454 e. The summed E-state index contributed by atoms with van der Waals surface area (Å²) in [5.41, 5.74) is 2.94. The van der Waals surface area contributed by atoms with E-state index in [4.69, 9.17) is 4.74 Å². The molecule has 2 heterocycles. The minimum absolute atomic E-state index is 0.182. The monoisotopic (exact) mass is 353 g/mol. The molecule has 0 fully saturated rings. The van der Waals surface area contributed by atoms with Gasteiger partial charge in [0.1, 0.15) is 0 Å². The number of aromatic nitrogens is 1. The van der Waals surface area contributed by atoms with Gasteiger partial charge in [0.2, 0.25) is 5.78 Å². The topological polar surface area (TPSA) is 56.3 Å². The molecule has 4 nitrogen and oxygen atoms in total. The van der Waals surface area contributed by atoms with Gasteiger partial charge in [-0.2, -0.15) is 0 Å². The number of aryl methyl sites for hydroxylation is 2. The number of ether oxygens (including phenoxy) is 1. The number of Topliss-reactive ketones (excluding diaryl/α,β-unsaturated/α-hetero) is 1. The lowest BCUT2D eigenvalue weighted by Crippen LogP contribution is -2.16. The lowest BCUT2D eigenvalue weighted by molar-refractivity contribution is 0.0477. The average Bonchev–Trinajstić information content (AvgIpc) is 3.05. The number of para-hydroxylation sites is 1. The number of carbonyl (C=O) groups is 2. The van der Waals surface area contributed by atoms with E-state index in [1.54, 1.807) is 6.07 Å². The fourth-order valence-corrected chi connectivity index (χ4v) is 3.62. The third kappa shape index (κ3) is 3.46. The predicted molar refractivity (Wildman–Crippen MR) is 99.5 cm³/mol. The van der Waals surface area contributed by atoms with Crippen LogP contribution in [0, 0.1) is 13.8 Å². The third-order valence-corrected chi connectivity index (χ3v) is 5.17. The van der Waals surface area contributed by atoms with Crippen LogP contribution in [0.2, 0.25) is 0 Å². The third-order valence-electron chi connectivity index (χ3n) is 4.13. The van der Waals surface area contributed by atoms with Gasteiger partial charge in [-0.25, -0.2) is 4.79 Å². The number of hydrogen-bond donors (Lipinski definition) is 0. The molecule has 25 heavy (non-hydrogen) atoms. The van der Waals surface area contributed by atoms with Gasteiger partial charge in [-0.15, -0.1) is 11.3 Å². The van der Waals surface area contributed by atoms with Crippen LogP contribution in [0.1, 0.15) is 43.1 Å². The first-order valence-electron chi connectivity index (χ1n) is 8.16. The lowest BCUT2D eigenvalue weighted by Gasteiger charge is -2.13. The summed E-state index contributed by atoms with van der Waals surface area (Å²) in [5.74, 6) is -0.661. The molecule has 3 aromatic rings. The molecule has 0 saturated heterocycles. The number of hydrogen-bond acceptors (Lipinski definition) is 5. The summed E-state index contributed by atoms with van der Waals surface area (Å²) in [5, 5.41) is 0.751. The summed E-state index contributed by atoms with van der Waals surface area (Å²) < 4.78 is 5.33. The molecule has 0 amide bonds. The molecule has 0 aliphatic heterocycles. The second-order valence-electron chi connectivity index (χ2n) is 5.84. The summed E-state index contributed by atoms with van der Waals surface area (Å²) in [7, 11) is 0. The van der Waals surface area contributed by atoms with E-state index in [0.717, 1.165) is 33.5 Å². The van der Waals surface area contributed by atoms with Crippen molar-refractivity contribution in [2.45, 2.75) is 27.2 Å². The Bertz CT molecular complexity index is 959. The van der Waals surface area contributed by atoms with Gasteiger partial charge < -0.3 is 4.74 Å². The average molecular weight is 353 g/mol. The molecule has 2 aromatic heterocycles. The van der Waals surface area contributed by atoms with Crippen molar-refractivity contribution in [1.29, 1.82) is 0 Å². The second kappa shape index (κ2) is 7.15. The van der Waals surface area contributed by atoms with Gasteiger partial charge in [-0.3, -0.25) is 9.78 Å².